The van der Waals surface area contributed by atoms with E-state index in [1.54, 1.807) is 6.20 Å². The Labute approximate surface area is 87.7 Å². The summed E-state index contributed by atoms with van der Waals surface area (Å²) < 4.78 is 0. The van der Waals surface area contributed by atoms with Gasteiger partial charge in [-0.15, -0.1) is 0 Å². The van der Waals surface area contributed by atoms with Crippen molar-refractivity contribution in [2.75, 3.05) is 5.33 Å². The minimum absolute atomic E-state index is 0.611. The van der Waals surface area contributed by atoms with Crippen molar-refractivity contribution in [3.63, 3.8) is 0 Å². The second-order valence-electron chi connectivity index (χ2n) is 2.31. The Hall–Kier alpha value is -0.880. The van der Waals surface area contributed by atoms with Crippen molar-refractivity contribution < 1.29 is 0 Å². The van der Waals surface area contributed by atoms with Crippen molar-refractivity contribution in [2.45, 2.75) is 19.8 Å². The first kappa shape index (κ1) is 12.1. The molecule has 0 fully saturated rings. The van der Waals surface area contributed by atoms with Crippen LogP contribution in [0.1, 0.15) is 18.9 Å². The molecule has 2 nitrogen and oxygen atoms in total. The number of aromatic nitrogens is 1. The summed E-state index contributed by atoms with van der Waals surface area (Å²) in [4.78, 5) is 3.96. The maximum absolute atomic E-state index is 7.79. The van der Waals surface area contributed by atoms with Crippen molar-refractivity contribution >= 4 is 15.9 Å². The number of alkyl halides is 1. The number of hydrogen-bond acceptors (Lipinski definition) is 2. The van der Waals surface area contributed by atoms with Gasteiger partial charge in [0.05, 0.1) is 6.07 Å². The number of aryl methyl sites for hydroxylation is 1. The van der Waals surface area contributed by atoms with Crippen LogP contribution in [0, 0.1) is 11.3 Å². The van der Waals surface area contributed by atoms with Gasteiger partial charge < -0.3 is 0 Å². The Morgan fingerprint density at radius 1 is 1.62 bits per heavy atom. The summed E-state index contributed by atoms with van der Waals surface area (Å²) >= 11 is 3.09. The summed E-state index contributed by atoms with van der Waals surface area (Å²) in [6.07, 6.45) is 5.37. The molecule has 0 N–H and O–H groups in total. The van der Waals surface area contributed by atoms with E-state index in [1.165, 1.54) is 5.56 Å². The third-order valence-corrected chi connectivity index (χ3v) is 1.73. The molecule has 0 aliphatic carbocycles. The average molecular weight is 241 g/mol. The number of pyridine rings is 1. The molecule has 13 heavy (non-hydrogen) atoms. The van der Waals surface area contributed by atoms with Gasteiger partial charge >= 0.3 is 0 Å². The maximum atomic E-state index is 7.79. The van der Waals surface area contributed by atoms with Crippen molar-refractivity contribution in [3.05, 3.63) is 30.1 Å². The lowest BCUT2D eigenvalue weighted by Gasteiger charge is -1.88. The van der Waals surface area contributed by atoms with Crippen molar-refractivity contribution in [1.29, 1.82) is 5.26 Å². The Bertz CT molecular complexity index is 241. The SMILES string of the molecule is CCc1cccnc1.N#CCCBr. The molecule has 3 heteroatoms. The van der Waals surface area contributed by atoms with Gasteiger partial charge in [-0.3, -0.25) is 4.98 Å². The normalized spacial score (nSPS) is 8.08. The molecule has 0 aliphatic rings. The molecule has 0 aliphatic heterocycles. The molecule has 1 aromatic heterocycles. The largest absolute Gasteiger partial charge is 0.264 e. The zero-order valence-electron chi connectivity index (χ0n) is 7.70. The highest BCUT2D eigenvalue weighted by Gasteiger charge is 1.81. The molecule has 0 radical (unpaired) electrons. The molecule has 0 aromatic carbocycles. The lowest BCUT2D eigenvalue weighted by Crippen LogP contribution is -1.77. The fraction of sp³-hybridized carbons (Fsp3) is 0.400. The molecule has 0 atom stereocenters. The summed E-state index contributed by atoms with van der Waals surface area (Å²) in [5.41, 5.74) is 1.30. The number of nitriles is 1. The van der Waals surface area contributed by atoms with E-state index in [1.807, 2.05) is 18.3 Å². The van der Waals surface area contributed by atoms with E-state index >= 15 is 0 Å². The molecule has 1 rings (SSSR count). The fourth-order valence-corrected chi connectivity index (χ4v) is 0.827. The summed E-state index contributed by atoms with van der Waals surface area (Å²) in [5, 5.41) is 8.58. The van der Waals surface area contributed by atoms with Crippen LogP contribution in [0.4, 0.5) is 0 Å². The van der Waals surface area contributed by atoms with Gasteiger partial charge in [-0.1, -0.05) is 28.9 Å². The molecule has 0 saturated heterocycles. The van der Waals surface area contributed by atoms with Crippen LogP contribution < -0.4 is 0 Å². The van der Waals surface area contributed by atoms with Crippen LogP contribution in [0.2, 0.25) is 0 Å². The first-order valence-electron chi connectivity index (χ1n) is 4.17. The van der Waals surface area contributed by atoms with Crippen LogP contribution >= 0.6 is 15.9 Å². The van der Waals surface area contributed by atoms with Gasteiger partial charge in [0.15, 0.2) is 0 Å². The zero-order chi connectivity index (χ0) is 9.94. The second-order valence-corrected chi connectivity index (χ2v) is 3.10. The molecular weight excluding hydrogens is 228 g/mol. The highest BCUT2D eigenvalue weighted by atomic mass is 79.9. The van der Waals surface area contributed by atoms with Crippen LogP contribution in [0.3, 0.4) is 0 Å². The zero-order valence-corrected chi connectivity index (χ0v) is 9.29. The standard InChI is InChI=1S/C7H9N.C3H4BrN/c1-2-7-4-3-5-8-6-7;4-2-1-3-5/h3-6H,2H2,1H3;1-2H2. The maximum Gasteiger partial charge on any atom is 0.0630 e. The van der Waals surface area contributed by atoms with Crippen LogP contribution in [-0.4, -0.2) is 10.3 Å². The number of halogens is 1. The quantitative estimate of drug-likeness (QED) is 0.746. The number of rotatable bonds is 2. The molecule has 1 aromatic rings. The fourth-order valence-electron chi connectivity index (χ4n) is 0.650. The predicted octanol–water partition coefficient (Wildman–Crippen LogP) is 2.94. The van der Waals surface area contributed by atoms with Gasteiger partial charge in [-0.2, -0.15) is 5.26 Å². The molecule has 0 spiro atoms. The topological polar surface area (TPSA) is 36.7 Å². The van der Waals surface area contributed by atoms with E-state index in [2.05, 4.69) is 33.9 Å². The van der Waals surface area contributed by atoms with E-state index in [4.69, 9.17) is 5.26 Å². The van der Waals surface area contributed by atoms with Crippen molar-refractivity contribution in [3.8, 4) is 6.07 Å². The lowest BCUT2D eigenvalue weighted by molar-refractivity contribution is 1.10. The smallest absolute Gasteiger partial charge is 0.0630 e. The number of nitrogens with zero attached hydrogens (tertiary/aromatic N) is 2. The third-order valence-electron chi connectivity index (χ3n) is 1.34. The third kappa shape index (κ3) is 7.48. The van der Waals surface area contributed by atoms with Crippen LogP contribution in [0.15, 0.2) is 24.5 Å². The minimum Gasteiger partial charge on any atom is -0.264 e. The van der Waals surface area contributed by atoms with Gasteiger partial charge in [0.25, 0.3) is 0 Å². The van der Waals surface area contributed by atoms with Crippen LogP contribution in [0.5, 0.6) is 0 Å². The molecule has 1 heterocycles. The second kappa shape index (κ2) is 9.21. The Morgan fingerprint density at radius 3 is 2.62 bits per heavy atom. The first-order valence-corrected chi connectivity index (χ1v) is 5.29. The molecular formula is C10H13BrN2. The van der Waals surface area contributed by atoms with Gasteiger partial charge in [0.2, 0.25) is 0 Å². The van der Waals surface area contributed by atoms with Crippen molar-refractivity contribution in [2.24, 2.45) is 0 Å². The van der Waals surface area contributed by atoms with E-state index in [0.717, 1.165) is 11.8 Å². The molecule has 0 saturated carbocycles. The summed E-state index contributed by atoms with van der Waals surface area (Å²) in [7, 11) is 0. The Balaban J connectivity index is 0.000000252. The summed E-state index contributed by atoms with van der Waals surface area (Å²) in [6, 6.07) is 6.00. The molecule has 0 unspecified atom stereocenters. The summed E-state index contributed by atoms with van der Waals surface area (Å²) in [6.45, 7) is 2.12. The number of hydrogen-bond donors (Lipinski definition) is 0. The highest BCUT2D eigenvalue weighted by molar-refractivity contribution is 9.09. The molecule has 0 bridgehead atoms. The average Bonchev–Trinajstić information content (AvgIpc) is 2.21. The van der Waals surface area contributed by atoms with E-state index < -0.39 is 0 Å². The van der Waals surface area contributed by atoms with Crippen LogP contribution in [0.25, 0.3) is 0 Å². The molecule has 0 amide bonds. The lowest BCUT2D eigenvalue weighted by atomic mass is 10.2. The first-order chi connectivity index (χ1) is 6.35. The van der Waals surface area contributed by atoms with Gasteiger partial charge in [0, 0.05) is 24.1 Å². The predicted molar refractivity (Wildman–Crippen MR) is 57.6 cm³/mol. The molecule has 70 valence electrons. The van der Waals surface area contributed by atoms with E-state index in [9.17, 15) is 0 Å². The van der Waals surface area contributed by atoms with E-state index in [-0.39, 0.29) is 0 Å². The monoisotopic (exact) mass is 240 g/mol. The minimum atomic E-state index is 0.611. The highest BCUT2D eigenvalue weighted by Crippen LogP contribution is 1.93. The van der Waals surface area contributed by atoms with Crippen LogP contribution in [-0.2, 0) is 6.42 Å². The van der Waals surface area contributed by atoms with Crippen molar-refractivity contribution in [1.82, 2.24) is 4.98 Å². The Morgan fingerprint density at radius 2 is 2.38 bits per heavy atom. The van der Waals surface area contributed by atoms with E-state index in [0.29, 0.717) is 6.42 Å². The summed E-state index contributed by atoms with van der Waals surface area (Å²) in [5.74, 6) is 0. The Kier molecular flexibility index (Phi) is 8.59. The van der Waals surface area contributed by atoms with Gasteiger partial charge in [0.1, 0.15) is 0 Å². The van der Waals surface area contributed by atoms with Gasteiger partial charge in [-0.25, -0.2) is 0 Å². The van der Waals surface area contributed by atoms with Gasteiger partial charge in [-0.05, 0) is 18.1 Å².